The SMILES string of the molecule is CCc1ccc(C(=O)NCCCCCO)o1. The Hall–Kier alpha value is -1.29. The van der Waals surface area contributed by atoms with E-state index in [1.54, 1.807) is 6.07 Å². The van der Waals surface area contributed by atoms with Crippen LogP contribution >= 0.6 is 0 Å². The molecule has 0 aromatic carbocycles. The average molecular weight is 225 g/mol. The molecule has 1 heterocycles. The Balaban J connectivity index is 2.24. The molecule has 90 valence electrons. The molecule has 1 aromatic rings. The summed E-state index contributed by atoms with van der Waals surface area (Å²) in [6, 6.07) is 3.52. The lowest BCUT2D eigenvalue weighted by Gasteiger charge is -2.02. The zero-order valence-corrected chi connectivity index (χ0v) is 9.66. The van der Waals surface area contributed by atoms with Crippen molar-refractivity contribution < 1.29 is 14.3 Å². The van der Waals surface area contributed by atoms with E-state index in [-0.39, 0.29) is 12.5 Å². The molecular formula is C12H19NO3. The molecule has 1 rings (SSSR count). The minimum absolute atomic E-state index is 0.163. The van der Waals surface area contributed by atoms with Crippen molar-refractivity contribution in [3.05, 3.63) is 23.7 Å². The van der Waals surface area contributed by atoms with E-state index in [1.165, 1.54) is 0 Å². The maximum absolute atomic E-state index is 11.6. The van der Waals surface area contributed by atoms with Gasteiger partial charge in [-0.2, -0.15) is 0 Å². The number of carbonyl (C=O) groups excluding carboxylic acids is 1. The fraction of sp³-hybridized carbons (Fsp3) is 0.583. The molecule has 4 heteroatoms. The molecule has 0 aliphatic carbocycles. The van der Waals surface area contributed by atoms with Crippen LogP contribution in [-0.4, -0.2) is 24.2 Å². The van der Waals surface area contributed by atoms with Gasteiger partial charge in [0.2, 0.25) is 0 Å². The van der Waals surface area contributed by atoms with E-state index in [9.17, 15) is 4.79 Å². The maximum atomic E-state index is 11.6. The first-order chi connectivity index (χ1) is 7.77. The van der Waals surface area contributed by atoms with Crippen molar-refractivity contribution in [3.63, 3.8) is 0 Å². The Bertz CT molecular complexity index is 320. The van der Waals surface area contributed by atoms with Crippen molar-refractivity contribution in [2.24, 2.45) is 0 Å². The summed E-state index contributed by atoms with van der Waals surface area (Å²) in [5.41, 5.74) is 0. The van der Waals surface area contributed by atoms with Crippen LogP contribution in [0.3, 0.4) is 0 Å². The second-order valence-electron chi connectivity index (χ2n) is 3.66. The highest BCUT2D eigenvalue weighted by Gasteiger charge is 2.09. The molecule has 0 fully saturated rings. The lowest BCUT2D eigenvalue weighted by atomic mass is 10.2. The van der Waals surface area contributed by atoms with Crippen LogP contribution in [0.2, 0.25) is 0 Å². The van der Waals surface area contributed by atoms with E-state index in [0.29, 0.717) is 12.3 Å². The van der Waals surface area contributed by atoms with Crippen molar-refractivity contribution in [2.45, 2.75) is 32.6 Å². The van der Waals surface area contributed by atoms with Gasteiger partial charge in [-0.15, -0.1) is 0 Å². The molecule has 0 aliphatic rings. The van der Waals surface area contributed by atoms with Gasteiger partial charge in [0.25, 0.3) is 5.91 Å². The highest BCUT2D eigenvalue weighted by molar-refractivity contribution is 5.91. The van der Waals surface area contributed by atoms with E-state index < -0.39 is 0 Å². The fourth-order valence-corrected chi connectivity index (χ4v) is 1.39. The minimum atomic E-state index is -0.163. The van der Waals surface area contributed by atoms with E-state index in [1.807, 2.05) is 13.0 Å². The second-order valence-corrected chi connectivity index (χ2v) is 3.66. The monoisotopic (exact) mass is 225 g/mol. The first-order valence-corrected chi connectivity index (χ1v) is 5.75. The summed E-state index contributed by atoms with van der Waals surface area (Å²) >= 11 is 0. The number of nitrogens with one attached hydrogen (secondary N) is 1. The number of hydrogen-bond donors (Lipinski definition) is 2. The summed E-state index contributed by atoms with van der Waals surface area (Å²) in [6.45, 7) is 2.82. The van der Waals surface area contributed by atoms with Crippen LogP contribution in [0.15, 0.2) is 16.5 Å². The molecule has 0 radical (unpaired) electrons. The maximum Gasteiger partial charge on any atom is 0.286 e. The zero-order valence-electron chi connectivity index (χ0n) is 9.66. The number of unbranched alkanes of at least 4 members (excludes halogenated alkanes) is 2. The lowest BCUT2D eigenvalue weighted by Crippen LogP contribution is -2.23. The Labute approximate surface area is 95.7 Å². The van der Waals surface area contributed by atoms with Crippen molar-refractivity contribution in [1.29, 1.82) is 0 Å². The third-order valence-corrected chi connectivity index (χ3v) is 2.35. The predicted octanol–water partition coefficient (Wildman–Crippen LogP) is 1.73. The minimum Gasteiger partial charge on any atom is -0.456 e. The van der Waals surface area contributed by atoms with Crippen LogP contribution in [0.25, 0.3) is 0 Å². The molecule has 1 amide bonds. The number of hydrogen-bond acceptors (Lipinski definition) is 3. The number of aliphatic hydroxyl groups excluding tert-OH is 1. The van der Waals surface area contributed by atoms with Crippen LogP contribution in [0.1, 0.15) is 42.5 Å². The summed E-state index contributed by atoms with van der Waals surface area (Å²) < 4.78 is 5.32. The Kier molecular flexibility index (Phi) is 5.64. The zero-order chi connectivity index (χ0) is 11.8. The largest absolute Gasteiger partial charge is 0.456 e. The van der Waals surface area contributed by atoms with E-state index in [2.05, 4.69) is 5.32 Å². The molecular weight excluding hydrogens is 206 g/mol. The Morgan fingerprint density at radius 1 is 1.38 bits per heavy atom. The molecule has 0 bridgehead atoms. The summed E-state index contributed by atoms with van der Waals surface area (Å²) in [7, 11) is 0. The standard InChI is InChI=1S/C12H19NO3/c1-2-10-6-7-11(16-10)12(15)13-8-4-3-5-9-14/h6-7,14H,2-5,8-9H2,1H3,(H,13,15). The van der Waals surface area contributed by atoms with Gasteiger partial charge in [0.15, 0.2) is 5.76 Å². The van der Waals surface area contributed by atoms with Crippen LogP contribution in [0.4, 0.5) is 0 Å². The Morgan fingerprint density at radius 3 is 2.81 bits per heavy atom. The summed E-state index contributed by atoms with van der Waals surface area (Å²) in [5.74, 6) is 1.04. The molecule has 16 heavy (non-hydrogen) atoms. The normalized spacial score (nSPS) is 10.4. The summed E-state index contributed by atoms with van der Waals surface area (Å²) in [6.07, 6.45) is 3.39. The second kappa shape index (κ2) is 7.06. The predicted molar refractivity (Wildman–Crippen MR) is 61.4 cm³/mol. The fourth-order valence-electron chi connectivity index (χ4n) is 1.39. The van der Waals surface area contributed by atoms with Gasteiger partial charge in [-0.1, -0.05) is 6.92 Å². The number of carbonyl (C=O) groups is 1. The van der Waals surface area contributed by atoms with Crippen LogP contribution < -0.4 is 5.32 Å². The number of aliphatic hydroxyl groups is 1. The van der Waals surface area contributed by atoms with Gasteiger partial charge in [0.1, 0.15) is 5.76 Å². The molecule has 0 spiro atoms. The first kappa shape index (κ1) is 12.8. The number of amides is 1. The van der Waals surface area contributed by atoms with Gasteiger partial charge in [0.05, 0.1) is 0 Å². The summed E-state index contributed by atoms with van der Waals surface area (Å²) in [4.78, 5) is 11.6. The summed E-state index contributed by atoms with van der Waals surface area (Å²) in [5, 5.41) is 11.4. The molecule has 4 nitrogen and oxygen atoms in total. The van der Waals surface area contributed by atoms with Crippen molar-refractivity contribution in [1.82, 2.24) is 5.32 Å². The van der Waals surface area contributed by atoms with Crippen molar-refractivity contribution >= 4 is 5.91 Å². The highest BCUT2D eigenvalue weighted by Crippen LogP contribution is 2.08. The van der Waals surface area contributed by atoms with Gasteiger partial charge in [-0.25, -0.2) is 0 Å². The Morgan fingerprint density at radius 2 is 2.19 bits per heavy atom. The molecule has 0 saturated heterocycles. The van der Waals surface area contributed by atoms with E-state index in [0.717, 1.165) is 31.4 Å². The highest BCUT2D eigenvalue weighted by atomic mass is 16.3. The van der Waals surface area contributed by atoms with Gasteiger partial charge < -0.3 is 14.8 Å². The molecule has 0 saturated carbocycles. The molecule has 0 unspecified atom stereocenters. The third-order valence-electron chi connectivity index (χ3n) is 2.35. The number of furan rings is 1. The quantitative estimate of drug-likeness (QED) is 0.695. The third kappa shape index (κ3) is 4.06. The molecule has 2 N–H and O–H groups in total. The van der Waals surface area contributed by atoms with Gasteiger partial charge in [-0.05, 0) is 31.4 Å². The average Bonchev–Trinajstić information content (AvgIpc) is 2.77. The van der Waals surface area contributed by atoms with Crippen LogP contribution in [0, 0.1) is 0 Å². The van der Waals surface area contributed by atoms with Crippen molar-refractivity contribution in [3.8, 4) is 0 Å². The molecule has 0 aliphatic heterocycles. The smallest absolute Gasteiger partial charge is 0.286 e. The van der Waals surface area contributed by atoms with Gasteiger partial charge >= 0.3 is 0 Å². The number of rotatable bonds is 7. The van der Waals surface area contributed by atoms with Crippen LogP contribution in [0.5, 0.6) is 0 Å². The molecule has 1 aromatic heterocycles. The van der Waals surface area contributed by atoms with E-state index >= 15 is 0 Å². The van der Waals surface area contributed by atoms with E-state index in [4.69, 9.17) is 9.52 Å². The number of aryl methyl sites for hydroxylation is 1. The first-order valence-electron chi connectivity index (χ1n) is 5.75. The van der Waals surface area contributed by atoms with Crippen molar-refractivity contribution in [2.75, 3.05) is 13.2 Å². The lowest BCUT2D eigenvalue weighted by molar-refractivity contribution is 0.0923. The van der Waals surface area contributed by atoms with Gasteiger partial charge in [-0.3, -0.25) is 4.79 Å². The van der Waals surface area contributed by atoms with Gasteiger partial charge in [0, 0.05) is 19.6 Å². The van der Waals surface area contributed by atoms with Crippen LogP contribution in [-0.2, 0) is 6.42 Å². The molecule has 0 atom stereocenters. The topological polar surface area (TPSA) is 62.5 Å².